The predicted molar refractivity (Wildman–Crippen MR) is 68.2 cm³/mol. The fourth-order valence-electron chi connectivity index (χ4n) is 1.78. The fraction of sp³-hybridized carbons (Fsp3) is 1.00. The van der Waals surface area contributed by atoms with Crippen molar-refractivity contribution in [1.29, 1.82) is 0 Å². The van der Waals surface area contributed by atoms with Crippen LogP contribution in [0, 0.1) is 5.41 Å². The van der Waals surface area contributed by atoms with Gasteiger partial charge in [0.05, 0.1) is 6.10 Å². The Bertz CT molecular complexity index is 135. The van der Waals surface area contributed by atoms with Gasteiger partial charge in [0.1, 0.15) is 0 Å². The lowest BCUT2D eigenvalue weighted by molar-refractivity contribution is -0.0245. The van der Waals surface area contributed by atoms with Crippen molar-refractivity contribution in [2.45, 2.75) is 79.2 Å². The van der Waals surface area contributed by atoms with Crippen LogP contribution in [0.3, 0.4) is 0 Å². The van der Waals surface area contributed by atoms with Crippen molar-refractivity contribution >= 4 is 0 Å². The Morgan fingerprint density at radius 3 is 2.07 bits per heavy atom. The summed E-state index contributed by atoms with van der Waals surface area (Å²) in [6.07, 6.45) is 8.04. The summed E-state index contributed by atoms with van der Waals surface area (Å²) in [7, 11) is 0. The van der Waals surface area contributed by atoms with Gasteiger partial charge in [-0.2, -0.15) is 0 Å². The summed E-state index contributed by atoms with van der Waals surface area (Å²) < 4.78 is 5.99. The van der Waals surface area contributed by atoms with Gasteiger partial charge in [0.25, 0.3) is 0 Å². The molecular formula is C14H30O. The van der Waals surface area contributed by atoms with Gasteiger partial charge in [0, 0.05) is 6.61 Å². The molecule has 0 N–H and O–H groups in total. The van der Waals surface area contributed by atoms with E-state index in [0.29, 0.717) is 11.5 Å². The highest BCUT2D eigenvalue weighted by atomic mass is 16.5. The average molecular weight is 214 g/mol. The summed E-state index contributed by atoms with van der Waals surface area (Å²) >= 11 is 0. The first kappa shape index (κ1) is 15.0. The molecule has 0 aromatic heterocycles. The molecule has 92 valence electrons. The Hall–Kier alpha value is -0.0400. The first-order chi connectivity index (χ1) is 7.02. The van der Waals surface area contributed by atoms with E-state index >= 15 is 0 Å². The van der Waals surface area contributed by atoms with E-state index in [1.54, 1.807) is 0 Å². The van der Waals surface area contributed by atoms with Crippen LogP contribution >= 0.6 is 0 Å². The van der Waals surface area contributed by atoms with Crippen LogP contribution in [0.15, 0.2) is 0 Å². The molecule has 0 spiro atoms. The van der Waals surface area contributed by atoms with Crippen molar-refractivity contribution in [3.63, 3.8) is 0 Å². The van der Waals surface area contributed by atoms with Gasteiger partial charge in [-0.05, 0) is 18.3 Å². The monoisotopic (exact) mass is 214 g/mol. The van der Waals surface area contributed by atoms with Crippen LogP contribution in [-0.2, 0) is 4.74 Å². The third kappa shape index (κ3) is 7.84. The lowest BCUT2D eigenvalue weighted by Gasteiger charge is -2.30. The zero-order valence-corrected chi connectivity index (χ0v) is 11.4. The molecule has 0 fully saturated rings. The molecule has 0 radical (unpaired) electrons. The summed E-state index contributed by atoms with van der Waals surface area (Å²) in [5, 5.41) is 0. The fourth-order valence-corrected chi connectivity index (χ4v) is 1.78. The van der Waals surface area contributed by atoms with Crippen molar-refractivity contribution in [3.8, 4) is 0 Å². The highest BCUT2D eigenvalue weighted by Crippen LogP contribution is 2.26. The second-order valence-electron chi connectivity index (χ2n) is 5.57. The molecule has 1 heteroatoms. The van der Waals surface area contributed by atoms with Gasteiger partial charge in [0.15, 0.2) is 0 Å². The zero-order chi connectivity index (χ0) is 11.7. The molecule has 0 aliphatic heterocycles. The molecule has 0 saturated heterocycles. The molecule has 0 saturated carbocycles. The third-order valence-electron chi connectivity index (χ3n) is 2.83. The molecule has 0 aromatic rings. The number of hydrogen-bond acceptors (Lipinski definition) is 1. The van der Waals surface area contributed by atoms with E-state index in [9.17, 15) is 0 Å². The average Bonchev–Trinajstić information content (AvgIpc) is 2.14. The highest BCUT2D eigenvalue weighted by molar-refractivity contribution is 4.74. The molecule has 0 aliphatic carbocycles. The highest BCUT2D eigenvalue weighted by Gasteiger charge is 2.23. The maximum Gasteiger partial charge on any atom is 0.0623 e. The van der Waals surface area contributed by atoms with Crippen LogP contribution < -0.4 is 0 Å². The van der Waals surface area contributed by atoms with Gasteiger partial charge >= 0.3 is 0 Å². The largest absolute Gasteiger partial charge is 0.378 e. The molecule has 1 unspecified atom stereocenters. The molecule has 0 amide bonds. The van der Waals surface area contributed by atoms with Crippen LogP contribution in [0.25, 0.3) is 0 Å². The van der Waals surface area contributed by atoms with E-state index in [4.69, 9.17) is 4.74 Å². The standard InChI is InChI=1S/C14H30O/c1-6-8-9-10-12-15-13(11-7-2)14(3,4)5/h13H,6-12H2,1-5H3. The zero-order valence-electron chi connectivity index (χ0n) is 11.4. The Labute approximate surface area is 96.6 Å². The summed E-state index contributed by atoms with van der Waals surface area (Å²) in [4.78, 5) is 0. The second-order valence-corrected chi connectivity index (χ2v) is 5.57. The van der Waals surface area contributed by atoms with Crippen molar-refractivity contribution in [3.05, 3.63) is 0 Å². The van der Waals surface area contributed by atoms with Crippen LogP contribution in [0.2, 0.25) is 0 Å². The maximum absolute atomic E-state index is 5.99. The van der Waals surface area contributed by atoms with Gasteiger partial charge in [-0.3, -0.25) is 0 Å². The lowest BCUT2D eigenvalue weighted by atomic mass is 9.86. The second kappa shape index (κ2) is 8.15. The Morgan fingerprint density at radius 2 is 1.60 bits per heavy atom. The smallest absolute Gasteiger partial charge is 0.0623 e. The van der Waals surface area contributed by atoms with Gasteiger partial charge in [-0.25, -0.2) is 0 Å². The minimum absolute atomic E-state index is 0.292. The quantitative estimate of drug-likeness (QED) is 0.527. The molecular weight excluding hydrogens is 184 g/mol. The molecule has 15 heavy (non-hydrogen) atoms. The predicted octanol–water partition coefficient (Wildman–Crippen LogP) is 4.80. The summed E-state index contributed by atoms with van der Waals surface area (Å²) in [6, 6.07) is 0. The van der Waals surface area contributed by atoms with Crippen LogP contribution in [-0.4, -0.2) is 12.7 Å². The van der Waals surface area contributed by atoms with Gasteiger partial charge in [0.2, 0.25) is 0 Å². The van der Waals surface area contributed by atoms with Crippen molar-refractivity contribution < 1.29 is 4.74 Å². The van der Waals surface area contributed by atoms with Crippen molar-refractivity contribution in [2.75, 3.05) is 6.61 Å². The SMILES string of the molecule is CCCCCCOC(CCC)C(C)(C)C. The summed E-state index contributed by atoms with van der Waals surface area (Å²) in [6.45, 7) is 12.3. The van der Waals surface area contributed by atoms with Crippen LogP contribution in [0.1, 0.15) is 73.1 Å². The van der Waals surface area contributed by atoms with Crippen molar-refractivity contribution in [1.82, 2.24) is 0 Å². The molecule has 1 atom stereocenters. The molecule has 1 nitrogen and oxygen atoms in total. The first-order valence-electron chi connectivity index (χ1n) is 6.64. The Kier molecular flexibility index (Phi) is 8.13. The number of rotatable bonds is 8. The number of unbranched alkanes of at least 4 members (excludes halogenated alkanes) is 3. The molecule has 0 aromatic carbocycles. The Morgan fingerprint density at radius 1 is 0.933 bits per heavy atom. The van der Waals surface area contributed by atoms with E-state index in [2.05, 4.69) is 34.6 Å². The summed E-state index contributed by atoms with van der Waals surface area (Å²) in [5.41, 5.74) is 0.292. The van der Waals surface area contributed by atoms with Crippen molar-refractivity contribution in [2.24, 2.45) is 5.41 Å². The molecule has 0 bridgehead atoms. The van der Waals surface area contributed by atoms with Gasteiger partial charge < -0.3 is 4.74 Å². The minimum Gasteiger partial charge on any atom is -0.378 e. The first-order valence-corrected chi connectivity index (χ1v) is 6.64. The maximum atomic E-state index is 5.99. The summed E-state index contributed by atoms with van der Waals surface area (Å²) in [5.74, 6) is 0. The van der Waals surface area contributed by atoms with Gasteiger partial charge in [-0.1, -0.05) is 60.3 Å². The van der Waals surface area contributed by atoms with E-state index in [0.717, 1.165) is 6.61 Å². The molecule has 0 heterocycles. The van der Waals surface area contributed by atoms with E-state index in [1.165, 1.54) is 38.5 Å². The van der Waals surface area contributed by atoms with Crippen LogP contribution in [0.4, 0.5) is 0 Å². The van der Waals surface area contributed by atoms with Gasteiger partial charge in [-0.15, -0.1) is 0 Å². The normalized spacial score (nSPS) is 14.2. The molecule has 0 aliphatic rings. The van der Waals surface area contributed by atoms with E-state index in [1.807, 2.05) is 0 Å². The number of ether oxygens (including phenoxy) is 1. The van der Waals surface area contributed by atoms with E-state index in [-0.39, 0.29) is 0 Å². The van der Waals surface area contributed by atoms with E-state index < -0.39 is 0 Å². The Balaban J connectivity index is 3.67. The van der Waals surface area contributed by atoms with Crippen LogP contribution in [0.5, 0.6) is 0 Å². The topological polar surface area (TPSA) is 9.23 Å². The third-order valence-corrected chi connectivity index (χ3v) is 2.83. The molecule has 0 rings (SSSR count). The number of hydrogen-bond donors (Lipinski definition) is 0. The lowest BCUT2D eigenvalue weighted by Crippen LogP contribution is -2.29. The minimum atomic E-state index is 0.292.